The number of phenols is 1. The number of amides is 1. The fourth-order valence-electron chi connectivity index (χ4n) is 3.58. The molecule has 0 radical (unpaired) electrons. The molecule has 35 heavy (non-hydrogen) atoms. The van der Waals surface area contributed by atoms with Crippen LogP contribution >= 0.6 is 0 Å². The molecular formula is C28H28N2O5. The van der Waals surface area contributed by atoms with Crippen molar-refractivity contribution in [2.75, 3.05) is 7.11 Å². The smallest absolute Gasteiger partial charge is 0.328 e. The molecule has 0 saturated heterocycles. The molecule has 1 aromatic heterocycles. The highest BCUT2D eigenvalue weighted by atomic mass is 16.5. The van der Waals surface area contributed by atoms with Gasteiger partial charge in [0.2, 0.25) is 0 Å². The highest BCUT2D eigenvalue weighted by Crippen LogP contribution is 2.27. The number of esters is 1. The molecule has 180 valence electrons. The number of benzene rings is 3. The maximum Gasteiger partial charge on any atom is 0.328 e. The van der Waals surface area contributed by atoms with E-state index in [0.717, 1.165) is 11.1 Å². The SMILES string of the molecule is C.COC(=O)[C@H](Cc1ccc(OCc2ccccc2)cc1)NC(=O)c1ccc2cccnc2c1O. The number of hydrogen-bond donors (Lipinski definition) is 2. The van der Waals surface area contributed by atoms with Gasteiger partial charge in [0.05, 0.1) is 12.7 Å². The van der Waals surface area contributed by atoms with E-state index in [1.807, 2.05) is 54.6 Å². The number of rotatable bonds is 8. The van der Waals surface area contributed by atoms with Crippen LogP contribution < -0.4 is 10.1 Å². The summed E-state index contributed by atoms with van der Waals surface area (Å²) in [5.74, 6) is -0.724. The average molecular weight is 473 g/mol. The predicted molar refractivity (Wildman–Crippen MR) is 134 cm³/mol. The zero-order valence-corrected chi connectivity index (χ0v) is 18.6. The molecule has 0 aliphatic heterocycles. The molecule has 2 N–H and O–H groups in total. The fraction of sp³-hybridized carbons (Fsp3) is 0.179. The third-order valence-corrected chi connectivity index (χ3v) is 5.40. The minimum atomic E-state index is -0.938. The largest absolute Gasteiger partial charge is 0.505 e. The van der Waals surface area contributed by atoms with Crippen LogP contribution in [0.1, 0.15) is 28.9 Å². The Bertz CT molecular complexity index is 1290. The number of phenolic OH excluding ortho intramolecular Hbond substituents is 1. The second-order valence-corrected chi connectivity index (χ2v) is 7.71. The molecule has 1 amide bonds. The predicted octanol–water partition coefficient (Wildman–Crippen LogP) is 4.67. The number of carbonyl (C=O) groups is 2. The lowest BCUT2D eigenvalue weighted by atomic mass is 10.0. The number of nitrogens with one attached hydrogen (secondary N) is 1. The molecule has 0 spiro atoms. The number of fused-ring (bicyclic) bond motifs is 1. The summed E-state index contributed by atoms with van der Waals surface area (Å²) in [5.41, 5.74) is 2.22. The van der Waals surface area contributed by atoms with Crippen LogP contribution in [0.3, 0.4) is 0 Å². The summed E-state index contributed by atoms with van der Waals surface area (Å²) in [7, 11) is 1.26. The van der Waals surface area contributed by atoms with E-state index >= 15 is 0 Å². The quantitative estimate of drug-likeness (QED) is 0.362. The Balaban J connectivity index is 0.00000342. The van der Waals surface area contributed by atoms with Crippen LogP contribution in [0.25, 0.3) is 10.9 Å². The third kappa shape index (κ3) is 6.14. The Labute approximate surface area is 204 Å². The third-order valence-electron chi connectivity index (χ3n) is 5.40. The minimum absolute atomic E-state index is 0. The molecule has 0 unspecified atom stereocenters. The van der Waals surface area contributed by atoms with E-state index in [2.05, 4.69) is 10.3 Å². The molecule has 7 heteroatoms. The molecule has 0 aliphatic carbocycles. The highest BCUT2D eigenvalue weighted by Gasteiger charge is 2.24. The zero-order chi connectivity index (χ0) is 23.9. The van der Waals surface area contributed by atoms with Crippen molar-refractivity contribution in [3.63, 3.8) is 0 Å². The Kier molecular flexibility index (Phi) is 8.40. The number of aromatic hydroxyl groups is 1. The van der Waals surface area contributed by atoms with Crippen molar-refractivity contribution in [1.82, 2.24) is 10.3 Å². The maximum absolute atomic E-state index is 12.9. The summed E-state index contributed by atoms with van der Waals surface area (Å²) in [6, 6.07) is 22.9. The van der Waals surface area contributed by atoms with Gasteiger partial charge in [0.25, 0.3) is 5.91 Å². The molecule has 0 aliphatic rings. The van der Waals surface area contributed by atoms with Crippen molar-refractivity contribution in [1.29, 1.82) is 0 Å². The minimum Gasteiger partial charge on any atom is -0.505 e. The standard InChI is InChI=1S/C27H24N2O5.CH4/c1-33-27(32)23(29-26(31)22-14-11-20-8-5-15-28-24(20)25(22)30)16-18-9-12-21(13-10-18)34-17-19-6-3-2-4-7-19;/h2-15,23,30H,16-17H2,1H3,(H,29,31);1H4/t23-;/m0./s1. The molecule has 0 saturated carbocycles. The molecule has 1 heterocycles. The van der Waals surface area contributed by atoms with Gasteiger partial charge in [0, 0.05) is 18.0 Å². The Hall–Kier alpha value is -4.39. The Morgan fingerprint density at radius 1 is 0.943 bits per heavy atom. The topological polar surface area (TPSA) is 97.8 Å². The number of aromatic nitrogens is 1. The van der Waals surface area contributed by atoms with E-state index in [9.17, 15) is 14.7 Å². The molecular weight excluding hydrogens is 444 g/mol. The van der Waals surface area contributed by atoms with E-state index in [1.165, 1.54) is 19.4 Å². The first-order valence-electron chi connectivity index (χ1n) is 10.8. The molecule has 0 fully saturated rings. The van der Waals surface area contributed by atoms with Gasteiger partial charge in [-0.3, -0.25) is 9.78 Å². The van der Waals surface area contributed by atoms with Crippen molar-refractivity contribution in [2.24, 2.45) is 0 Å². The van der Waals surface area contributed by atoms with Gasteiger partial charge in [-0.1, -0.05) is 62.0 Å². The number of pyridine rings is 1. The number of ether oxygens (including phenoxy) is 2. The first-order chi connectivity index (χ1) is 16.5. The van der Waals surface area contributed by atoms with Gasteiger partial charge in [0.1, 0.15) is 23.9 Å². The van der Waals surface area contributed by atoms with Crippen LogP contribution in [0.15, 0.2) is 85.1 Å². The summed E-state index contributed by atoms with van der Waals surface area (Å²) < 4.78 is 10.7. The Morgan fingerprint density at radius 3 is 2.40 bits per heavy atom. The lowest BCUT2D eigenvalue weighted by molar-refractivity contribution is -0.142. The number of nitrogens with zero attached hydrogens (tertiary/aromatic N) is 1. The van der Waals surface area contributed by atoms with Crippen molar-refractivity contribution in [3.05, 3.63) is 102 Å². The lowest BCUT2D eigenvalue weighted by Crippen LogP contribution is -2.43. The Morgan fingerprint density at radius 2 is 1.69 bits per heavy atom. The number of methoxy groups -OCH3 is 1. The van der Waals surface area contributed by atoms with Gasteiger partial charge in [-0.25, -0.2) is 4.79 Å². The molecule has 7 nitrogen and oxygen atoms in total. The average Bonchev–Trinajstić information content (AvgIpc) is 2.88. The van der Waals surface area contributed by atoms with Gasteiger partial charge in [-0.2, -0.15) is 0 Å². The second-order valence-electron chi connectivity index (χ2n) is 7.71. The zero-order valence-electron chi connectivity index (χ0n) is 18.6. The van der Waals surface area contributed by atoms with Crippen molar-refractivity contribution in [3.8, 4) is 11.5 Å². The van der Waals surface area contributed by atoms with Gasteiger partial charge >= 0.3 is 5.97 Å². The van der Waals surface area contributed by atoms with E-state index in [4.69, 9.17) is 9.47 Å². The summed E-state index contributed by atoms with van der Waals surface area (Å²) in [5, 5.41) is 13.9. The van der Waals surface area contributed by atoms with Crippen molar-refractivity contribution >= 4 is 22.8 Å². The first kappa shape index (κ1) is 25.2. The van der Waals surface area contributed by atoms with E-state index in [1.54, 1.807) is 18.2 Å². The van der Waals surface area contributed by atoms with Crippen molar-refractivity contribution in [2.45, 2.75) is 26.5 Å². The normalized spacial score (nSPS) is 11.2. The van der Waals surface area contributed by atoms with Gasteiger partial charge in [-0.05, 0) is 35.4 Å². The van der Waals surface area contributed by atoms with Crippen LogP contribution in [-0.4, -0.2) is 35.1 Å². The maximum atomic E-state index is 12.9. The van der Waals surface area contributed by atoms with Crippen LogP contribution in [-0.2, 0) is 22.6 Å². The highest BCUT2D eigenvalue weighted by molar-refractivity contribution is 6.03. The first-order valence-corrected chi connectivity index (χ1v) is 10.8. The molecule has 4 rings (SSSR count). The van der Waals surface area contributed by atoms with Crippen LogP contribution in [0.5, 0.6) is 11.5 Å². The second kappa shape index (κ2) is 11.7. The monoisotopic (exact) mass is 472 g/mol. The van der Waals surface area contributed by atoms with Crippen molar-refractivity contribution < 1.29 is 24.2 Å². The summed E-state index contributed by atoms with van der Waals surface area (Å²) >= 11 is 0. The van der Waals surface area contributed by atoms with Gasteiger partial charge in [0.15, 0.2) is 5.75 Å². The van der Waals surface area contributed by atoms with Gasteiger partial charge < -0.3 is 19.9 Å². The summed E-state index contributed by atoms with van der Waals surface area (Å²) in [6.45, 7) is 0.450. The lowest BCUT2D eigenvalue weighted by Gasteiger charge is -2.17. The van der Waals surface area contributed by atoms with Crippen LogP contribution in [0.2, 0.25) is 0 Å². The fourth-order valence-corrected chi connectivity index (χ4v) is 3.58. The van der Waals surface area contributed by atoms with E-state index < -0.39 is 17.9 Å². The summed E-state index contributed by atoms with van der Waals surface area (Å²) in [6.07, 6.45) is 1.75. The van der Waals surface area contributed by atoms with E-state index in [-0.39, 0.29) is 25.2 Å². The van der Waals surface area contributed by atoms with Gasteiger partial charge in [-0.15, -0.1) is 0 Å². The number of carbonyl (C=O) groups excluding carboxylic acids is 2. The molecule has 0 bridgehead atoms. The molecule has 1 atom stereocenters. The van der Waals surface area contributed by atoms with Crippen LogP contribution in [0, 0.1) is 0 Å². The van der Waals surface area contributed by atoms with E-state index in [0.29, 0.717) is 23.3 Å². The number of hydrogen-bond acceptors (Lipinski definition) is 6. The molecule has 3 aromatic carbocycles. The molecule has 4 aromatic rings. The summed E-state index contributed by atoms with van der Waals surface area (Å²) in [4.78, 5) is 29.4. The van der Waals surface area contributed by atoms with Crippen LogP contribution in [0.4, 0.5) is 0 Å².